The smallest absolute Gasteiger partial charge is 0.370 e. The third-order valence-electron chi connectivity index (χ3n) is 4.14. The van der Waals surface area contributed by atoms with Gasteiger partial charge in [0.1, 0.15) is 5.82 Å². The third-order valence-corrected chi connectivity index (χ3v) is 4.14. The van der Waals surface area contributed by atoms with Crippen LogP contribution in [0.2, 0.25) is 0 Å². The summed E-state index contributed by atoms with van der Waals surface area (Å²) >= 11 is 0. The zero-order valence-corrected chi connectivity index (χ0v) is 14.6. The molecule has 0 aromatic heterocycles. The second-order valence-corrected chi connectivity index (χ2v) is 6.14. The van der Waals surface area contributed by atoms with Crippen molar-refractivity contribution in [2.24, 2.45) is 0 Å². The molecule has 0 aliphatic heterocycles. The fourth-order valence-electron chi connectivity index (χ4n) is 2.53. The van der Waals surface area contributed by atoms with E-state index in [1.807, 2.05) is 0 Å². The van der Waals surface area contributed by atoms with Gasteiger partial charge in [-0.1, -0.05) is 30.3 Å². The summed E-state index contributed by atoms with van der Waals surface area (Å²) in [6.45, 7) is -1.20. The summed E-state index contributed by atoms with van der Waals surface area (Å²) in [7, 11) is 0. The molecule has 1 amide bonds. The van der Waals surface area contributed by atoms with E-state index in [-0.39, 0.29) is 6.07 Å². The van der Waals surface area contributed by atoms with E-state index in [2.05, 4.69) is 0 Å². The molecule has 0 bridgehead atoms. The van der Waals surface area contributed by atoms with E-state index in [9.17, 15) is 49.4 Å². The Morgan fingerprint density at radius 3 is 1.93 bits per heavy atom. The Bertz CT molecular complexity index is 910. The van der Waals surface area contributed by atoms with Crippen molar-refractivity contribution in [1.29, 1.82) is 0 Å². The summed E-state index contributed by atoms with van der Waals surface area (Å²) in [6.07, 6.45) is -11.3. The normalized spacial score (nSPS) is 14.9. The summed E-state index contributed by atoms with van der Waals surface area (Å²) in [6, 6.07) is 5.44. The Kier molecular flexibility index (Phi) is 6.13. The lowest BCUT2D eigenvalue weighted by Crippen LogP contribution is -2.62. The van der Waals surface area contributed by atoms with Crippen molar-refractivity contribution in [3.8, 4) is 0 Å². The summed E-state index contributed by atoms with van der Waals surface area (Å²) in [5.41, 5.74) is -7.78. The number of nitrogens with one attached hydrogen (secondary N) is 1. The SMILES string of the molecule is O=C(NCc1cc(C(F)(F)F)ccc1F)[C@](O)(c1ccccc1)C(F)(F)C(F)(F)F. The van der Waals surface area contributed by atoms with Crippen molar-refractivity contribution in [2.45, 2.75) is 30.4 Å². The second-order valence-electron chi connectivity index (χ2n) is 6.14. The predicted molar refractivity (Wildman–Crippen MR) is 84.6 cm³/mol. The Hall–Kier alpha value is -2.76. The molecule has 0 saturated heterocycles. The lowest BCUT2D eigenvalue weighted by Gasteiger charge is -2.35. The standard InChI is InChI=1S/C18H12F9NO2/c19-13-7-6-12(16(20,21)22)8-10(13)9-28-14(29)15(30,11-4-2-1-3-5-11)17(23,24)18(25,26)27/h1-8,30H,9H2,(H,28,29)/t15-/m1/s1. The highest BCUT2D eigenvalue weighted by molar-refractivity contribution is 5.87. The first-order chi connectivity index (χ1) is 13.6. The van der Waals surface area contributed by atoms with Crippen LogP contribution in [0, 0.1) is 5.82 Å². The topological polar surface area (TPSA) is 49.3 Å². The van der Waals surface area contributed by atoms with Gasteiger partial charge >= 0.3 is 18.3 Å². The number of alkyl halides is 8. The van der Waals surface area contributed by atoms with Crippen LogP contribution >= 0.6 is 0 Å². The third kappa shape index (κ3) is 4.23. The van der Waals surface area contributed by atoms with E-state index in [0.717, 1.165) is 12.1 Å². The van der Waals surface area contributed by atoms with E-state index >= 15 is 0 Å². The van der Waals surface area contributed by atoms with Crippen molar-refractivity contribution in [2.75, 3.05) is 0 Å². The number of carbonyl (C=O) groups is 1. The number of hydrogen-bond donors (Lipinski definition) is 2. The largest absolute Gasteiger partial charge is 0.457 e. The highest BCUT2D eigenvalue weighted by Crippen LogP contribution is 2.48. The van der Waals surface area contributed by atoms with Gasteiger partial charge in [-0.05, 0) is 23.8 Å². The average molecular weight is 445 g/mol. The first kappa shape index (κ1) is 23.5. The highest BCUT2D eigenvalue weighted by atomic mass is 19.4. The Morgan fingerprint density at radius 2 is 1.43 bits per heavy atom. The number of benzene rings is 2. The van der Waals surface area contributed by atoms with Gasteiger partial charge in [0.2, 0.25) is 5.60 Å². The number of rotatable bonds is 5. The molecule has 0 saturated carbocycles. The molecule has 1 atom stereocenters. The average Bonchev–Trinajstić information content (AvgIpc) is 2.65. The van der Waals surface area contributed by atoms with Crippen LogP contribution in [0.1, 0.15) is 16.7 Å². The molecular weight excluding hydrogens is 433 g/mol. The van der Waals surface area contributed by atoms with Gasteiger partial charge in [0.25, 0.3) is 5.91 Å². The van der Waals surface area contributed by atoms with E-state index in [1.54, 1.807) is 0 Å². The molecule has 0 heterocycles. The van der Waals surface area contributed by atoms with Gasteiger partial charge < -0.3 is 10.4 Å². The molecule has 0 unspecified atom stereocenters. The first-order valence-electron chi connectivity index (χ1n) is 7.98. The van der Waals surface area contributed by atoms with Crippen LogP contribution in [0.25, 0.3) is 0 Å². The fraction of sp³-hybridized carbons (Fsp3) is 0.278. The molecule has 12 heteroatoms. The molecule has 0 fully saturated rings. The van der Waals surface area contributed by atoms with Gasteiger partial charge in [-0.2, -0.15) is 35.1 Å². The maximum Gasteiger partial charge on any atom is 0.457 e. The second kappa shape index (κ2) is 7.82. The molecule has 2 rings (SSSR count). The van der Waals surface area contributed by atoms with E-state index in [1.165, 1.54) is 11.4 Å². The lowest BCUT2D eigenvalue weighted by molar-refractivity contribution is -0.337. The van der Waals surface area contributed by atoms with Crippen LogP contribution in [0.4, 0.5) is 39.5 Å². The van der Waals surface area contributed by atoms with Gasteiger partial charge in [0.05, 0.1) is 5.56 Å². The summed E-state index contributed by atoms with van der Waals surface area (Å²) in [4.78, 5) is 12.2. The number of halogens is 9. The fourth-order valence-corrected chi connectivity index (χ4v) is 2.53. The molecule has 164 valence electrons. The minimum atomic E-state index is -6.36. The Morgan fingerprint density at radius 1 is 0.867 bits per heavy atom. The molecule has 0 radical (unpaired) electrons. The monoisotopic (exact) mass is 445 g/mol. The van der Waals surface area contributed by atoms with Crippen LogP contribution in [-0.4, -0.2) is 23.1 Å². The van der Waals surface area contributed by atoms with Crippen molar-refractivity contribution >= 4 is 5.91 Å². The molecular formula is C18H12F9NO2. The maximum atomic E-state index is 14.1. The van der Waals surface area contributed by atoms with E-state index in [4.69, 9.17) is 0 Å². The van der Waals surface area contributed by atoms with Crippen molar-refractivity contribution in [1.82, 2.24) is 5.32 Å². The summed E-state index contributed by atoms with van der Waals surface area (Å²) < 4.78 is 119. The minimum Gasteiger partial charge on any atom is -0.370 e. The van der Waals surface area contributed by atoms with E-state index < -0.39 is 58.8 Å². The molecule has 0 aliphatic rings. The first-order valence-corrected chi connectivity index (χ1v) is 7.98. The van der Waals surface area contributed by atoms with E-state index in [0.29, 0.717) is 24.3 Å². The lowest BCUT2D eigenvalue weighted by atomic mass is 9.85. The number of hydrogen-bond acceptors (Lipinski definition) is 2. The summed E-state index contributed by atoms with van der Waals surface area (Å²) in [5.74, 6) is -9.56. The van der Waals surface area contributed by atoms with Gasteiger partial charge in [-0.15, -0.1) is 0 Å². The molecule has 3 nitrogen and oxygen atoms in total. The van der Waals surface area contributed by atoms with Crippen LogP contribution in [0.5, 0.6) is 0 Å². The van der Waals surface area contributed by atoms with Crippen molar-refractivity contribution in [3.05, 3.63) is 71.0 Å². The highest BCUT2D eigenvalue weighted by Gasteiger charge is 2.73. The number of amides is 1. The van der Waals surface area contributed by atoms with Crippen molar-refractivity contribution in [3.63, 3.8) is 0 Å². The molecule has 0 aliphatic carbocycles. The Labute approximate surface area is 163 Å². The van der Waals surface area contributed by atoms with Gasteiger partial charge in [-0.25, -0.2) is 4.39 Å². The van der Waals surface area contributed by atoms with Gasteiger partial charge in [0, 0.05) is 12.1 Å². The molecule has 0 spiro atoms. The van der Waals surface area contributed by atoms with Gasteiger partial charge in [0.15, 0.2) is 0 Å². The van der Waals surface area contributed by atoms with Crippen LogP contribution in [0.15, 0.2) is 48.5 Å². The van der Waals surface area contributed by atoms with Crippen LogP contribution in [0.3, 0.4) is 0 Å². The van der Waals surface area contributed by atoms with Crippen LogP contribution < -0.4 is 5.32 Å². The number of carbonyl (C=O) groups excluding carboxylic acids is 1. The predicted octanol–water partition coefficient (Wildman–Crippen LogP) is 4.55. The number of aliphatic hydroxyl groups is 1. The molecule has 2 N–H and O–H groups in total. The Balaban J connectivity index is 2.42. The quantitative estimate of drug-likeness (QED) is 0.664. The molecule has 2 aromatic carbocycles. The maximum absolute atomic E-state index is 14.1. The minimum absolute atomic E-state index is 0.249. The molecule has 30 heavy (non-hydrogen) atoms. The zero-order chi connectivity index (χ0) is 23.0. The summed E-state index contributed by atoms with van der Waals surface area (Å²) in [5, 5.41) is 11.6. The van der Waals surface area contributed by atoms with Crippen molar-refractivity contribution < 1.29 is 49.4 Å². The van der Waals surface area contributed by atoms with Gasteiger partial charge in [-0.3, -0.25) is 4.79 Å². The zero-order valence-electron chi connectivity index (χ0n) is 14.6. The van der Waals surface area contributed by atoms with Crippen LogP contribution in [-0.2, 0) is 23.1 Å². The molecule has 2 aromatic rings.